The van der Waals surface area contributed by atoms with Crippen LogP contribution >= 0.6 is 0 Å². The minimum Gasteiger partial charge on any atom is -0.466 e. The van der Waals surface area contributed by atoms with Gasteiger partial charge in [-0.05, 0) is 25.7 Å². The Kier molecular flexibility index (Phi) is 71.3. The van der Waals surface area contributed by atoms with Gasteiger partial charge in [0.2, 0.25) is 5.91 Å². The zero-order valence-electron chi connectivity index (χ0n) is 56.3. The standard InChI is InChI=1S/C76H151NO5/c1-3-5-7-9-11-13-15-17-19-21-22-34-37-40-44-48-52-56-60-64-68-74(79)73(72-78)77-75(80)69-65-61-57-53-49-45-41-38-35-32-30-28-26-24-23-25-27-29-31-33-36-39-43-47-51-55-59-63-67-71-82-76(81)70-66-62-58-54-50-46-42-20-18-16-14-12-10-8-6-4-2/h73-74,78-79H,3-72H2,1-2H3,(H,77,80). The number of carbonyl (C=O) groups is 2. The van der Waals surface area contributed by atoms with E-state index in [1.165, 1.54) is 379 Å². The highest BCUT2D eigenvalue weighted by Gasteiger charge is 2.20. The third-order valence-corrected chi connectivity index (χ3v) is 18.4. The molecule has 0 rings (SSSR count). The van der Waals surface area contributed by atoms with Crippen LogP contribution in [0.2, 0.25) is 0 Å². The average Bonchev–Trinajstić information content (AvgIpc) is 3.48. The molecule has 0 saturated carbocycles. The lowest BCUT2D eigenvalue weighted by molar-refractivity contribution is -0.143. The smallest absolute Gasteiger partial charge is 0.305 e. The maximum atomic E-state index is 12.6. The van der Waals surface area contributed by atoms with Crippen molar-refractivity contribution in [1.29, 1.82) is 0 Å². The number of ether oxygens (including phenoxy) is 1. The van der Waals surface area contributed by atoms with Gasteiger partial charge in [0.1, 0.15) is 0 Å². The second-order valence-electron chi connectivity index (χ2n) is 26.7. The van der Waals surface area contributed by atoms with Crippen molar-refractivity contribution >= 4 is 11.9 Å². The first-order valence-electron chi connectivity index (χ1n) is 38.3. The number of aliphatic hydroxyl groups excluding tert-OH is 2. The van der Waals surface area contributed by atoms with Crippen molar-refractivity contribution in [3.63, 3.8) is 0 Å². The summed E-state index contributed by atoms with van der Waals surface area (Å²) in [5.41, 5.74) is 0. The largest absolute Gasteiger partial charge is 0.466 e. The van der Waals surface area contributed by atoms with Crippen molar-refractivity contribution in [1.82, 2.24) is 5.32 Å². The molecule has 0 bridgehead atoms. The lowest BCUT2D eigenvalue weighted by atomic mass is 10.0. The molecule has 0 aromatic carbocycles. The average molecular weight is 1160 g/mol. The van der Waals surface area contributed by atoms with E-state index >= 15 is 0 Å². The van der Waals surface area contributed by atoms with Crippen LogP contribution in [0.5, 0.6) is 0 Å². The highest BCUT2D eigenvalue weighted by molar-refractivity contribution is 5.76. The molecule has 0 heterocycles. The molecular weight excluding hydrogens is 1010 g/mol. The van der Waals surface area contributed by atoms with Gasteiger partial charge in [-0.3, -0.25) is 9.59 Å². The fourth-order valence-electron chi connectivity index (χ4n) is 12.6. The quantitative estimate of drug-likeness (QED) is 0.0417. The van der Waals surface area contributed by atoms with Crippen LogP contribution in [0.15, 0.2) is 0 Å². The molecule has 2 unspecified atom stereocenters. The van der Waals surface area contributed by atoms with E-state index in [9.17, 15) is 19.8 Å². The topological polar surface area (TPSA) is 95.9 Å². The molecule has 0 aliphatic carbocycles. The van der Waals surface area contributed by atoms with E-state index in [1.807, 2.05) is 0 Å². The Morgan fingerprint density at radius 1 is 0.293 bits per heavy atom. The summed E-state index contributed by atoms with van der Waals surface area (Å²) in [6, 6.07) is -0.538. The molecule has 490 valence electrons. The molecule has 0 saturated heterocycles. The Morgan fingerprint density at radius 3 is 0.744 bits per heavy atom. The molecule has 6 nitrogen and oxygen atoms in total. The van der Waals surface area contributed by atoms with E-state index < -0.39 is 12.1 Å². The second-order valence-corrected chi connectivity index (χ2v) is 26.7. The van der Waals surface area contributed by atoms with E-state index in [4.69, 9.17) is 4.74 Å². The first-order chi connectivity index (χ1) is 40.5. The van der Waals surface area contributed by atoms with Crippen molar-refractivity contribution in [2.75, 3.05) is 13.2 Å². The van der Waals surface area contributed by atoms with Gasteiger partial charge in [-0.2, -0.15) is 0 Å². The van der Waals surface area contributed by atoms with Crippen molar-refractivity contribution in [2.24, 2.45) is 0 Å². The Morgan fingerprint density at radius 2 is 0.500 bits per heavy atom. The monoisotopic (exact) mass is 1160 g/mol. The van der Waals surface area contributed by atoms with Crippen LogP contribution in [0.3, 0.4) is 0 Å². The maximum absolute atomic E-state index is 12.6. The number of rotatable bonds is 73. The van der Waals surface area contributed by atoms with Crippen molar-refractivity contribution in [3.8, 4) is 0 Å². The van der Waals surface area contributed by atoms with Crippen LogP contribution in [0.4, 0.5) is 0 Å². The Labute approximate surface area is 515 Å². The number of unbranched alkanes of at least 4 members (excludes halogenated alkanes) is 62. The van der Waals surface area contributed by atoms with Crippen LogP contribution in [0.1, 0.15) is 450 Å². The third-order valence-electron chi connectivity index (χ3n) is 18.4. The van der Waals surface area contributed by atoms with Gasteiger partial charge in [-0.25, -0.2) is 0 Å². The first kappa shape index (κ1) is 80.9. The zero-order valence-corrected chi connectivity index (χ0v) is 56.3. The zero-order chi connectivity index (χ0) is 59.2. The van der Waals surface area contributed by atoms with Gasteiger partial charge in [0.15, 0.2) is 0 Å². The third kappa shape index (κ3) is 68.0. The molecule has 0 aliphatic rings. The molecule has 0 fully saturated rings. The number of esters is 1. The highest BCUT2D eigenvalue weighted by Crippen LogP contribution is 2.20. The van der Waals surface area contributed by atoms with Crippen LogP contribution in [0.25, 0.3) is 0 Å². The van der Waals surface area contributed by atoms with Gasteiger partial charge in [0.05, 0.1) is 25.4 Å². The lowest BCUT2D eigenvalue weighted by Gasteiger charge is -2.22. The van der Waals surface area contributed by atoms with Crippen molar-refractivity contribution in [2.45, 2.75) is 463 Å². The minimum atomic E-state index is -0.662. The van der Waals surface area contributed by atoms with E-state index in [-0.39, 0.29) is 18.5 Å². The van der Waals surface area contributed by atoms with Crippen LogP contribution in [0, 0.1) is 0 Å². The summed E-state index contributed by atoms with van der Waals surface area (Å²) in [6.45, 7) is 5.02. The molecule has 6 heteroatoms. The van der Waals surface area contributed by atoms with E-state index in [0.717, 1.165) is 38.5 Å². The molecule has 2 atom stereocenters. The number of hydrogen-bond acceptors (Lipinski definition) is 5. The number of carbonyl (C=O) groups excluding carboxylic acids is 2. The molecule has 82 heavy (non-hydrogen) atoms. The summed E-state index contributed by atoms with van der Waals surface area (Å²) >= 11 is 0. The summed E-state index contributed by atoms with van der Waals surface area (Å²) < 4.78 is 5.51. The normalized spacial score (nSPS) is 12.4. The number of nitrogens with one attached hydrogen (secondary N) is 1. The number of amides is 1. The summed E-state index contributed by atoms with van der Waals surface area (Å²) in [4.78, 5) is 24.7. The highest BCUT2D eigenvalue weighted by atomic mass is 16.5. The molecule has 0 aromatic heterocycles. The van der Waals surface area contributed by atoms with Gasteiger partial charge in [-0.1, -0.05) is 412 Å². The first-order valence-corrected chi connectivity index (χ1v) is 38.3. The molecule has 3 N–H and O–H groups in total. The predicted molar refractivity (Wildman–Crippen MR) is 361 cm³/mol. The fourth-order valence-corrected chi connectivity index (χ4v) is 12.6. The number of aliphatic hydroxyl groups is 2. The number of hydrogen-bond donors (Lipinski definition) is 3. The van der Waals surface area contributed by atoms with Crippen LogP contribution < -0.4 is 5.32 Å². The Hall–Kier alpha value is -1.14. The van der Waals surface area contributed by atoms with E-state index in [2.05, 4.69) is 19.2 Å². The van der Waals surface area contributed by atoms with E-state index in [1.54, 1.807) is 0 Å². The molecule has 0 radical (unpaired) electrons. The Balaban J connectivity index is 3.32. The maximum Gasteiger partial charge on any atom is 0.305 e. The molecule has 0 spiro atoms. The SMILES string of the molecule is CCCCCCCCCCCCCCCCCCCCCCC(O)C(CO)NC(=O)CCCCCCCCCCCCCCCCCCCCCCCCCCCCCCCOC(=O)CCCCCCCCCCCCCCCCCC. The van der Waals surface area contributed by atoms with Crippen molar-refractivity contribution < 1.29 is 24.5 Å². The lowest BCUT2D eigenvalue weighted by Crippen LogP contribution is -2.45. The minimum absolute atomic E-state index is 0.0245. The van der Waals surface area contributed by atoms with Gasteiger partial charge in [0.25, 0.3) is 0 Å². The van der Waals surface area contributed by atoms with Gasteiger partial charge >= 0.3 is 5.97 Å². The Bertz CT molecular complexity index is 1200. The van der Waals surface area contributed by atoms with Crippen LogP contribution in [-0.4, -0.2) is 47.4 Å². The molecule has 0 aliphatic heterocycles. The van der Waals surface area contributed by atoms with Gasteiger partial charge in [0, 0.05) is 12.8 Å². The summed E-state index contributed by atoms with van der Waals surface area (Å²) in [5, 5.41) is 23.4. The fraction of sp³-hybridized carbons (Fsp3) is 0.974. The molecule has 0 aromatic rings. The van der Waals surface area contributed by atoms with E-state index in [0.29, 0.717) is 25.9 Å². The van der Waals surface area contributed by atoms with Crippen molar-refractivity contribution in [3.05, 3.63) is 0 Å². The molecule has 1 amide bonds. The summed E-state index contributed by atoms with van der Waals surface area (Å²) in [5.74, 6) is -0.00123. The summed E-state index contributed by atoms with van der Waals surface area (Å²) in [6.07, 6.45) is 88.9. The second kappa shape index (κ2) is 72.3. The van der Waals surface area contributed by atoms with Gasteiger partial charge < -0.3 is 20.3 Å². The van der Waals surface area contributed by atoms with Crippen LogP contribution in [-0.2, 0) is 14.3 Å². The summed E-state index contributed by atoms with van der Waals surface area (Å²) in [7, 11) is 0. The predicted octanol–water partition coefficient (Wildman–Crippen LogP) is 24.9. The van der Waals surface area contributed by atoms with Gasteiger partial charge in [-0.15, -0.1) is 0 Å². The molecular formula is C76H151NO5.